The molecule has 0 bridgehead atoms. The fraction of sp³-hybridized carbons (Fsp3) is 0.350. The molecule has 1 saturated heterocycles. The number of hydrogen-bond acceptors (Lipinski definition) is 3. The van der Waals surface area contributed by atoms with E-state index in [1.807, 2.05) is 30.3 Å². The number of amides is 2. The lowest BCUT2D eigenvalue weighted by atomic mass is 10.1. The van der Waals surface area contributed by atoms with E-state index in [2.05, 4.69) is 29.2 Å². The van der Waals surface area contributed by atoms with Crippen LogP contribution in [-0.4, -0.2) is 42.0 Å². The van der Waals surface area contributed by atoms with Gasteiger partial charge in [-0.25, -0.2) is 4.79 Å². The van der Waals surface area contributed by atoms with E-state index < -0.39 is 0 Å². The Kier molecular flexibility index (Phi) is 5.90. The van der Waals surface area contributed by atoms with Crippen LogP contribution >= 0.6 is 0 Å². The first-order valence-corrected chi connectivity index (χ1v) is 8.73. The number of benzene rings is 2. The third-order valence-corrected chi connectivity index (χ3v) is 4.45. The number of hydrogen-bond donors (Lipinski definition) is 1. The molecule has 132 valence electrons. The summed E-state index contributed by atoms with van der Waals surface area (Å²) < 4.78 is 5.83. The van der Waals surface area contributed by atoms with Crippen molar-refractivity contribution in [3.8, 4) is 5.75 Å². The van der Waals surface area contributed by atoms with Crippen molar-refractivity contribution >= 4 is 6.03 Å². The van der Waals surface area contributed by atoms with Crippen LogP contribution in [0.5, 0.6) is 5.75 Å². The number of para-hydroxylation sites is 1. The number of carbonyl (C=O) groups is 1. The Bertz CT molecular complexity index is 690. The van der Waals surface area contributed by atoms with E-state index in [0.717, 1.165) is 43.9 Å². The number of primary amides is 1. The molecule has 0 radical (unpaired) electrons. The van der Waals surface area contributed by atoms with Gasteiger partial charge in [0.2, 0.25) is 0 Å². The molecule has 5 heteroatoms. The number of nitrogens with zero attached hydrogens (tertiary/aromatic N) is 2. The average Bonchev–Trinajstić information content (AvgIpc) is 2.87. The van der Waals surface area contributed by atoms with Crippen LogP contribution in [0.1, 0.15) is 17.5 Å². The van der Waals surface area contributed by atoms with Crippen LogP contribution in [0.4, 0.5) is 4.79 Å². The maximum atomic E-state index is 11.3. The Morgan fingerprint density at radius 2 is 1.76 bits per heavy atom. The van der Waals surface area contributed by atoms with Crippen molar-refractivity contribution < 1.29 is 9.53 Å². The highest BCUT2D eigenvalue weighted by Gasteiger charge is 2.17. The van der Waals surface area contributed by atoms with Crippen LogP contribution in [0.15, 0.2) is 54.6 Å². The van der Waals surface area contributed by atoms with E-state index in [1.54, 1.807) is 4.90 Å². The molecule has 5 nitrogen and oxygen atoms in total. The predicted molar refractivity (Wildman–Crippen MR) is 98.3 cm³/mol. The van der Waals surface area contributed by atoms with Crippen molar-refractivity contribution in [3.05, 3.63) is 65.7 Å². The van der Waals surface area contributed by atoms with Gasteiger partial charge in [0.1, 0.15) is 12.4 Å². The van der Waals surface area contributed by atoms with E-state index in [-0.39, 0.29) is 6.03 Å². The maximum Gasteiger partial charge on any atom is 0.314 e. The Hall–Kier alpha value is -2.53. The van der Waals surface area contributed by atoms with Crippen molar-refractivity contribution in [3.63, 3.8) is 0 Å². The van der Waals surface area contributed by atoms with Gasteiger partial charge in [0.25, 0.3) is 0 Å². The summed E-state index contributed by atoms with van der Waals surface area (Å²) in [5.74, 6) is 0.881. The Balaban J connectivity index is 1.55. The van der Waals surface area contributed by atoms with Crippen LogP contribution < -0.4 is 10.5 Å². The zero-order chi connectivity index (χ0) is 17.5. The van der Waals surface area contributed by atoms with Gasteiger partial charge in [-0.1, -0.05) is 42.5 Å². The molecular formula is C20H25N3O2. The molecule has 0 atom stereocenters. The summed E-state index contributed by atoms with van der Waals surface area (Å²) in [4.78, 5) is 15.4. The largest absolute Gasteiger partial charge is 0.489 e. The Morgan fingerprint density at radius 3 is 2.56 bits per heavy atom. The molecule has 1 aliphatic rings. The molecule has 0 unspecified atom stereocenters. The number of nitrogens with two attached hydrogens (primary N) is 1. The van der Waals surface area contributed by atoms with Crippen LogP contribution in [0.2, 0.25) is 0 Å². The van der Waals surface area contributed by atoms with Gasteiger partial charge < -0.3 is 15.4 Å². The van der Waals surface area contributed by atoms with Crippen LogP contribution in [0.25, 0.3) is 0 Å². The quantitative estimate of drug-likeness (QED) is 0.911. The minimum Gasteiger partial charge on any atom is -0.489 e. The standard InChI is InChI=1S/C20H25N3O2/c21-20(24)23-11-5-10-22(12-13-23)15-17-6-4-7-18(14-17)16-25-19-8-2-1-3-9-19/h1-4,6-9,14H,5,10-13,15-16H2,(H2,21,24). The molecule has 2 amide bonds. The van der Waals surface area contributed by atoms with Crippen molar-refractivity contribution in [2.24, 2.45) is 5.73 Å². The summed E-state index contributed by atoms with van der Waals surface area (Å²) in [5, 5.41) is 0. The monoisotopic (exact) mass is 339 g/mol. The molecule has 2 aromatic rings. The number of ether oxygens (including phenoxy) is 1. The van der Waals surface area contributed by atoms with Gasteiger partial charge in [-0.05, 0) is 29.7 Å². The summed E-state index contributed by atoms with van der Waals surface area (Å²) in [5.41, 5.74) is 7.82. The Labute approximate surface area is 149 Å². The molecule has 0 aliphatic carbocycles. The first kappa shape index (κ1) is 17.3. The summed E-state index contributed by atoms with van der Waals surface area (Å²) >= 11 is 0. The highest BCUT2D eigenvalue weighted by Crippen LogP contribution is 2.14. The molecule has 2 aromatic carbocycles. The summed E-state index contributed by atoms with van der Waals surface area (Å²) in [7, 11) is 0. The third kappa shape index (κ3) is 5.22. The fourth-order valence-electron chi connectivity index (χ4n) is 3.11. The van der Waals surface area contributed by atoms with E-state index >= 15 is 0 Å². The first-order chi connectivity index (χ1) is 12.2. The van der Waals surface area contributed by atoms with Crippen LogP contribution in [0.3, 0.4) is 0 Å². The zero-order valence-electron chi connectivity index (χ0n) is 14.4. The summed E-state index contributed by atoms with van der Waals surface area (Å²) in [6.45, 7) is 4.73. The number of urea groups is 1. The lowest BCUT2D eigenvalue weighted by Gasteiger charge is -2.21. The molecular weight excluding hydrogens is 314 g/mol. The van der Waals surface area contributed by atoms with Gasteiger partial charge in [0.15, 0.2) is 0 Å². The van der Waals surface area contributed by atoms with Crippen molar-refractivity contribution in [1.29, 1.82) is 0 Å². The van der Waals surface area contributed by atoms with Gasteiger partial charge in [-0.3, -0.25) is 4.90 Å². The van der Waals surface area contributed by atoms with E-state index in [0.29, 0.717) is 13.2 Å². The minimum absolute atomic E-state index is 0.318. The number of rotatable bonds is 5. The minimum atomic E-state index is -0.318. The summed E-state index contributed by atoms with van der Waals surface area (Å²) in [6, 6.07) is 18.0. The topological polar surface area (TPSA) is 58.8 Å². The van der Waals surface area contributed by atoms with E-state index in [1.165, 1.54) is 5.56 Å². The fourth-order valence-corrected chi connectivity index (χ4v) is 3.11. The van der Waals surface area contributed by atoms with Crippen molar-refractivity contribution in [2.45, 2.75) is 19.6 Å². The van der Waals surface area contributed by atoms with E-state index in [9.17, 15) is 4.79 Å². The van der Waals surface area contributed by atoms with Crippen molar-refractivity contribution in [1.82, 2.24) is 9.80 Å². The molecule has 1 aliphatic heterocycles. The molecule has 0 saturated carbocycles. The molecule has 0 spiro atoms. The number of carbonyl (C=O) groups excluding carboxylic acids is 1. The highest BCUT2D eigenvalue weighted by atomic mass is 16.5. The zero-order valence-corrected chi connectivity index (χ0v) is 14.4. The SMILES string of the molecule is NC(=O)N1CCCN(Cc2cccc(COc3ccccc3)c2)CC1. The third-order valence-electron chi connectivity index (χ3n) is 4.45. The lowest BCUT2D eigenvalue weighted by molar-refractivity contribution is 0.207. The Morgan fingerprint density at radius 1 is 0.960 bits per heavy atom. The van der Waals surface area contributed by atoms with Gasteiger partial charge in [0.05, 0.1) is 0 Å². The smallest absolute Gasteiger partial charge is 0.314 e. The van der Waals surface area contributed by atoms with Crippen LogP contribution in [-0.2, 0) is 13.2 Å². The molecule has 1 heterocycles. The second-order valence-corrected chi connectivity index (χ2v) is 6.38. The first-order valence-electron chi connectivity index (χ1n) is 8.73. The average molecular weight is 339 g/mol. The predicted octanol–water partition coefficient (Wildman–Crippen LogP) is 2.85. The van der Waals surface area contributed by atoms with Gasteiger partial charge in [-0.2, -0.15) is 0 Å². The van der Waals surface area contributed by atoms with Gasteiger partial charge in [0, 0.05) is 32.7 Å². The van der Waals surface area contributed by atoms with E-state index in [4.69, 9.17) is 10.5 Å². The highest BCUT2D eigenvalue weighted by molar-refractivity contribution is 5.71. The van der Waals surface area contributed by atoms with Gasteiger partial charge in [-0.15, -0.1) is 0 Å². The molecule has 3 rings (SSSR count). The normalized spacial score (nSPS) is 15.6. The van der Waals surface area contributed by atoms with Crippen LogP contribution in [0, 0.1) is 0 Å². The maximum absolute atomic E-state index is 11.3. The van der Waals surface area contributed by atoms with Crippen molar-refractivity contribution in [2.75, 3.05) is 26.2 Å². The second-order valence-electron chi connectivity index (χ2n) is 6.38. The molecule has 1 fully saturated rings. The molecule has 25 heavy (non-hydrogen) atoms. The second kappa shape index (κ2) is 8.53. The molecule has 2 N–H and O–H groups in total. The summed E-state index contributed by atoms with van der Waals surface area (Å²) in [6.07, 6.45) is 0.958. The van der Waals surface area contributed by atoms with Gasteiger partial charge >= 0.3 is 6.03 Å². The lowest BCUT2D eigenvalue weighted by Crippen LogP contribution is -2.38. The molecule has 0 aromatic heterocycles.